The highest BCUT2D eigenvalue weighted by atomic mass is 127. The number of likely N-dealkylation sites (tertiary alicyclic amines) is 1. The maximum atomic E-state index is 9.45. The van der Waals surface area contributed by atoms with Crippen molar-refractivity contribution in [1.82, 2.24) is 0 Å². The number of benzene rings is 2. The smallest absolute Gasteiger partial charge is 0.192 e. The van der Waals surface area contributed by atoms with Crippen molar-refractivity contribution in [2.75, 3.05) is 26.2 Å². The number of halogens is 1. The maximum Gasteiger partial charge on any atom is 0.192 e. The normalized spacial score (nSPS) is 22.1. The SMILES string of the molecule is NC1CCC[N+](CCCc2ccc(O)cc2)(CCCc2ccc(OI)cc2)C1. The van der Waals surface area contributed by atoms with Gasteiger partial charge in [0.15, 0.2) is 23.0 Å². The average Bonchev–Trinajstić information content (AvgIpc) is 2.70. The summed E-state index contributed by atoms with van der Waals surface area (Å²) in [5.41, 5.74) is 9.04. The van der Waals surface area contributed by atoms with Gasteiger partial charge in [0.25, 0.3) is 0 Å². The third-order valence-corrected chi connectivity index (χ3v) is 6.48. The van der Waals surface area contributed by atoms with E-state index in [0.717, 1.165) is 36.0 Å². The van der Waals surface area contributed by atoms with Gasteiger partial charge in [-0.25, -0.2) is 0 Å². The molecular formula is C23H32IN2O2+. The minimum absolute atomic E-state index is 0.336. The number of piperidine rings is 1. The van der Waals surface area contributed by atoms with Crippen molar-refractivity contribution >= 4 is 23.0 Å². The van der Waals surface area contributed by atoms with E-state index in [1.807, 2.05) is 47.3 Å². The summed E-state index contributed by atoms with van der Waals surface area (Å²) in [5.74, 6) is 1.25. The fourth-order valence-corrected chi connectivity index (χ4v) is 4.79. The van der Waals surface area contributed by atoms with Crippen molar-refractivity contribution in [3.8, 4) is 11.5 Å². The zero-order valence-electron chi connectivity index (χ0n) is 16.5. The summed E-state index contributed by atoms with van der Waals surface area (Å²) < 4.78 is 6.38. The first-order chi connectivity index (χ1) is 13.6. The Morgan fingerprint density at radius 1 is 0.964 bits per heavy atom. The number of hydrogen-bond acceptors (Lipinski definition) is 3. The molecule has 1 fully saturated rings. The molecule has 0 aromatic heterocycles. The van der Waals surface area contributed by atoms with Gasteiger partial charge in [0.1, 0.15) is 11.5 Å². The number of nitrogens with two attached hydrogens (primary N) is 1. The van der Waals surface area contributed by atoms with E-state index in [4.69, 9.17) is 8.80 Å². The lowest BCUT2D eigenvalue weighted by atomic mass is 10.00. The Hall–Kier alpha value is -1.31. The van der Waals surface area contributed by atoms with Crippen LogP contribution in [0.1, 0.15) is 36.8 Å². The molecule has 0 amide bonds. The summed E-state index contributed by atoms with van der Waals surface area (Å²) in [6.07, 6.45) is 6.93. The predicted octanol–water partition coefficient (Wildman–Crippen LogP) is 4.62. The Morgan fingerprint density at radius 3 is 2.07 bits per heavy atom. The largest absolute Gasteiger partial charge is 0.508 e. The van der Waals surface area contributed by atoms with Gasteiger partial charge in [-0.05, 0) is 61.1 Å². The van der Waals surface area contributed by atoms with Crippen LogP contribution in [-0.2, 0) is 12.8 Å². The lowest BCUT2D eigenvalue weighted by molar-refractivity contribution is -0.933. The molecule has 0 spiro atoms. The molecule has 0 bridgehead atoms. The Morgan fingerprint density at radius 2 is 1.54 bits per heavy atom. The topological polar surface area (TPSA) is 55.5 Å². The van der Waals surface area contributed by atoms with E-state index in [9.17, 15) is 5.11 Å². The molecule has 5 heteroatoms. The summed E-state index contributed by atoms with van der Waals surface area (Å²) in [6.45, 7) is 4.76. The lowest BCUT2D eigenvalue weighted by Gasteiger charge is -2.44. The second-order valence-electron chi connectivity index (χ2n) is 8.19. The van der Waals surface area contributed by atoms with Gasteiger partial charge >= 0.3 is 0 Å². The highest BCUT2D eigenvalue weighted by molar-refractivity contribution is 14.1. The Bertz CT molecular complexity index is 720. The van der Waals surface area contributed by atoms with Gasteiger partial charge in [0, 0.05) is 12.8 Å². The third kappa shape index (κ3) is 6.36. The van der Waals surface area contributed by atoms with E-state index in [1.165, 1.54) is 50.0 Å². The molecular weight excluding hydrogens is 463 g/mol. The molecule has 1 heterocycles. The van der Waals surface area contributed by atoms with E-state index >= 15 is 0 Å². The minimum atomic E-state index is 0.336. The van der Waals surface area contributed by atoms with E-state index in [0.29, 0.717) is 11.8 Å². The molecule has 0 saturated carbocycles. The molecule has 3 rings (SSSR count). The number of aromatic hydroxyl groups is 1. The summed E-state index contributed by atoms with van der Waals surface area (Å²) in [7, 11) is 0. The highest BCUT2D eigenvalue weighted by Crippen LogP contribution is 2.22. The van der Waals surface area contributed by atoms with Crippen LogP contribution in [0.15, 0.2) is 48.5 Å². The van der Waals surface area contributed by atoms with Gasteiger partial charge in [-0.3, -0.25) is 0 Å². The van der Waals surface area contributed by atoms with E-state index in [-0.39, 0.29) is 0 Å². The van der Waals surface area contributed by atoms with Gasteiger partial charge in [-0.1, -0.05) is 24.3 Å². The monoisotopic (exact) mass is 495 g/mol. The number of aryl methyl sites for hydroxylation is 2. The number of phenols is 1. The van der Waals surface area contributed by atoms with Crippen LogP contribution in [0.4, 0.5) is 0 Å². The molecule has 1 aliphatic heterocycles. The second kappa shape index (κ2) is 10.5. The zero-order valence-corrected chi connectivity index (χ0v) is 18.7. The fourth-order valence-electron chi connectivity index (χ4n) is 4.49. The van der Waals surface area contributed by atoms with Gasteiger partial charge < -0.3 is 18.4 Å². The minimum Gasteiger partial charge on any atom is -0.508 e. The van der Waals surface area contributed by atoms with Crippen molar-refractivity contribution in [1.29, 1.82) is 0 Å². The molecule has 1 saturated heterocycles. The Kier molecular flexibility index (Phi) is 8.00. The molecule has 2 aromatic carbocycles. The zero-order chi connectivity index (χ0) is 19.8. The number of quaternary nitrogens is 1. The number of nitrogens with zero attached hydrogens (tertiary/aromatic N) is 1. The fraction of sp³-hybridized carbons (Fsp3) is 0.478. The molecule has 2 unspecified atom stereocenters. The van der Waals surface area contributed by atoms with Crippen LogP contribution in [0.3, 0.4) is 0 Å². The van der Waals surface area contributed by atoms with Crippen LogP contribution >= 0.6 is 23.0 Å². The summed E-state index contributed by atoms with van der Waals surface area (Å²) in [5, 5.41) is 9.45. The van der Waals surface area contributed by atoms with Gasteiger partial charge in [0.2, 0.25) is 0 Å². The highest BCUT2D eigenvalue weighted by Gasteiger charge is 2.32. The molecule has 1 aliphatic rings. The van der Waals surface area contributed by atoms with Gasteiger partial charge in [-0.15, -0.1) is 0 Å². The van der Waals surface area contributed by atoms with Crippen molar-refractivity contribution < 1.29 is 12.7 Å². The van der Waals surface area contributed by atoms with E-state index in [2.05, 4.69) is 12.1 Å². The average molecular weight is 495 g/mol. The standard InChI is InChI=1S/C23H31IN2O2/c24-28-23-13-9-20(10-14-23)5-2-16-26(17-3-6-21(25)18-26)15-1-4-19-7-11-22(27)12-8-19/h7-14,21H,1-6,15-18,25H2/p+1. The molecule has 0 aliphatic carbocycles. The van der Waals surface area contributed by atoms with Crippen LogP contribution in [0.5, 0.6) is 11.5 Å². The summed E-state index contributed by atoms with van der Waals surface area (Å²) >= 11 is 1.92. The van der Waals surface area contributed by atoms with E-state index in [1.54, 1.807) is 12.1 Å². The lowest BCUT2D eigenvalue weighted by Crippen LogP contribution is -2.58. The quantitative estimate of drug-likeness (QED) is 0.394. The van der Waals surface area contributed by atoms with Gasteiger partial charge in [-0.2, -0.15) is 0 Å². The van der Waals surface area contributed by atoms with Crippen molar-refractivity contribution in [3.63, 3.8) is 0 Å². The first-order valence-electron chi connectivity index (χ1n) is 10.3. The molecule has 2 atom stereocenters. The van der Waals surface area contributed by atoms with Crippen LogP contribution in [-0.4, -0.2) is 41.8 Å². The predicted molar refractivity (Wildman–Crippen MR) is 123 cm³/mol. The number of rotatable bonds is 9. The molecule has 2 aromatic rings. The van der Waals surface area contributed by atoms with Crippen LogP contribution in [0.25, 0.3) is 0 Å². The second-order valence-corrected chi connectivity index (χ2v) is 8.63. The van der Waals surface area contributed by atoms with Crippen molar-refractivity contribution in [3.05, 3.63) is 59.7 Å². The maximum absolute atomic E-state index is 9.45. The molecule has 152 valence electrons. The van der Waals surface area contributed by atoms with Crippen molar-refractivity contribution in [2.45, 2.75) is 44.6 Å². The number of hydrogen-bond donors (Lipinski definition) is 2. The van der Waals surface area contributed by atoms with Crippen LogP contribution < -0.4 is 8.80 Å². The molecule has 3 N–H and O–H groups in total. The first-order valence-corrected chi connectivity index (χ1v) is 11.2. The molecule has 28 heavy (non-hydrogen) atoms. The summed E-state index contributed by atoms with van der Waals surface area (Å²) in [4.78, 5) is 0. The van der Waals surface area contributed by atoms with Crippen molar-refractivity contribution in [2.24, 2.45) is 5.73 Å². The number of phenolic OH excluding ortho intramolecular Hbond substituents is 1. The van der Waals surface area contributed by atoms with Crippen LogP contribution in [0.2, 0.25) is 0 Å². The van der Waals surface area contributed by atoms with E-state index < -0.39 is 0 Å². The first kappa shape index (κ1) is 21.4. The van der Waals surface area contributed by atoms with Crippen LogP contribution in [0, 0.1) is 0 Å². The summed E-state index contributed by atoms with van der Waals surface area (Å²) in [6, 6.07) is 16.4. The molecule has 4 nitrogen and oxygen atoms in total. The Labute approximate surface area is 183 Å². The molecule has 0 radical (unpaired) electrons. The third-order valence-electron chi connectivity index (χ3n) is 5.97. The Balaban J connectivity index is 1.53. The van der Waals surface area contributed by atoms with Gasteiger partial charge in [0.05, 0.1) is 32.2 Å².